The minimum atomic E-state index is -0.0767. The van der Waals surface area contributed by atoms with Gasteiger partial charge in [0.1, 0.15) is 12.4 Å². The van der Waals surface area contributed by atoms with Crippen molar-refractivity contribution in [3.8, 4) is 11.4 Å². The van der Waals surface area contributed by atoms with Gasteiger partial charge in [0.2, 0.25) is 0 Å². The zero-order valence-corrected chi connectivity index (χ0v) is 14.4. The topological polar surface area (TPSA) is 95.3 Å². The molecule has 8 heteroatoms. The van der Waals surface area contributed by atoms with Crippen LogP contribution in [0.4, 0.5) is 5.69 Å². The minimum absolute atomic E-state index is 0.0767. The summed E-state index contributed by atoms with van der Waals surface area (Å²) in [6.07, 6.45) is 5.09. The van der Waals surface area contributed by atoms with Gasteiger partial charge in [-0.05, 0) is 42.9 Å². The molecule has 0 unspecified atom stereocenters. The number of benzene rings is 1. The van der Waals surface area contributed by atoms with Crippen molar-refractivity contribution in [3.05, 3.63) is 59.0 Å². The summed E-state index contributed by atoms with van der Waals surface area (Å²) < 4.78 is 8.05. The van der Waals surface area contributed by atoms with Crippen LogP contribution in [-0.2, 0) is 0 Å². The molecule has 1 aliphatic heterocycles. The highest BCUT2D eigenvalue weighted by Crippen LogP contribution is 2.35. The lowest BCUT2D eigenvalue weighted by molar-refractivity contribution is 0.322. The second-order valence-electron chi connectivity index (χ2n) is 5.37. The molecular weight excluding hydrogens is 340 g/mol. The average Bonchev–Trinajstić information content (AvgIpc) is 3.01. The van der Waals surface area contributed by atoms with E-state index in [2.05, 4.69) is 15.5 Å². The van der Waals surface area contributed by atoms with Crippen LogP contribution in [0.25, 0.3) is 11.3 Å². The van der Waals surface area contributed by atoms with E-state index in [1.54, 1.807) is 10.6 Å². The summed E-state index contributed by atoms with van der Waals surface area (Å²) in [7, 11) is 0. The number of H-pyrrole nitrogens is 1. The van der Waals surface area contributed by atoms with E-state index in [1.165, 1.54) is 12.2 Å². The summed E-state index contributed by atoms with van der Waals surface area (Å²) in [6.45, 7) is 3.17. The first-order valence-electron chi connectivity index (χ1n) is 7.68. The average molecular weight is 358 g/mol. The highest BCUT2D eigenvalue weighted by atomic mass is 32.1. The van der Waals surface area contributed by atoms with Gasteiger partial charge in [-0.25, -0.2) is 0 Å². The maximum Gasteiger partial charge on any atom is 0.200 e. The van der Waals surface area contributed by atoms with Crippen molar-refractivity contribution in [2.24, 2.45) is 0 Å². The summed E-state index contributed by atoms with van der Waals surface area (Å²) in [5, 5.41) is 28.6. The highest BCUT2D eigenvalue weighted by Gasteiger charge is 2.19. The van der Waals surface area contributed by atoms with E-state index in [0.717, 1.165) is 35.5 Å². The van der Waals surface area contributed by atoms with E-state index in [4.69, 9.17) is 22.1 Å². The number of hydrogen-bond acceptors (Lipinski definition) is 6. The van der Waals surface area contributed by atoms with E-state index in [0.29, 0.717) is 17.2 Å². The third-order valence-corrected chi connectivity index (χ3v) is 3.95. The molecule has 0 saturated carbocycles. The molecule has 7 nitrogen and oxygen atoms in total. The van der Waals surface area contributed by atoms with Crippen molar-refractivity contribution in [2.75, 3.05) is 18.5 Å². The number of fused-ring (bicyclic) bond motifs is 1. The molecule has 0 saturated heterocycles. The van der Waals surface area contributed by atoms with Gasteiger partial charge in [-0.15, -0.1) is 0 Å². The van der Waals surface area contributed by atoms with Gasteiger partial charge >= 0.3 is 0 Å². The number of anilines is 1. The number of hydrogen-bond donors (Lipinski definition) is 4. The molecule has 0 atom stereocenters. The first kappa shape index (κ1) is 16.8. The maximum absolute atomic E-state index is 9.58. The number of aromatic nitrogens is 3. The Morgan fingerprint density at radius 3 is 3.04 bits per heavy atom. The first-order valence-corrected chi connectivity index (χ1v) is 8.09. The first-order chi connectivity index (χ1) is 12.1. The molecule has 0 bridgehead atoms. The Morgan fingerprint density at radius 2 is 2.24 bits per heavy atom. The maximum atomic E-state index is 9.58. The quantitative estimate of drug-likeness (QED) is 0.379. The Hall–Kier alpha value is -3.00. The number of aromatic amines is 1. The Bertz CT molecular complexity index is 924. The zero-order valence-electron chi connectivity index (χ0n) is 13.6. The molecule has 0 amide bonds. The van der Waals surface area contributed by atoms with Crippen molar-refractivity contribution < 1.29 is 14.9 Å². The zero-order chi connectivity index (χ0) is 17.8. The molecule has 0 radical (unpaired) electrons. The number of rotatable bonds is 4. The molecule has 2 aromatic rings. The second-order valence-corrected chi connectivity index (χ2v) is 5.76. The number of aliphatic hydroxyl groups is 2. The van der Waals surface area contributed by atoms with Gasteiger partial charge in [0, 0.05) is 12.6 Å². The second kappa shape index (κ2) is 7.27. The Balaban J connectivity index is 2.09. The van der Waals surface area contributed by atoms with Gasteiger partial charge in [0.05, 0.1) is 17.6 Å². The number of ether oxygens (including phenoxy) is 1. The van der Waals surface area contributed by atoms with Crippen LogP contribution in [-0.4, -0.2) is 38.1 Å². The fraction of sp³-hybridized carbons (Fsp3) is 0.176. The third kappa shape index (κ3) is 3.43. The number of nitrogens with one attached hydrogen (secondary N) is 2. The molecule has 0 fully saturated rings. The molecule has 4 N–H and O–H groups in total. The molecule has 1 aromatic carbocycles. The molecule has 3 rings (SSSR count). The molecule has 0 aliphatic carbocycles. The van der Waals surface area contributed by atoms with Crippen molar-refractivity contribution in [3.63, 3.8) is 0 Å². The van der Waals surface area contributed by atoms with Gasteiger partial charge in [0.25, 0.3) is 0 Å². The van der Waals surface area contributed by atoms with Crippen molar-refractivity contribution in [1.29, 1.82) is 0 Å². The number of para-hydroxylation sites is 1. The van der Waals surface area contributed by atoms with Crippen LogP contribution in [0.1, 0.15) is 12.7 Å². The molecular formula is C17H18N4O3S. The normalized spacial score (nSPS) is 14.9. The van der Waals surface area contributed by atoms with E-state index in [1.807, 2.05) is 25.1 Å². The van der Waals surface area contributed by atoms with Crippen LogP contribution in [0.3, 0.4) is 0 Å². The summed E-state index contributed by atoms with van der Waals surface area (Å²) in [5.41, 5.74) is 2.46. The van der Waals surface area contributed by atoms with Crippen molar-refractivity contribution >= 4 is 23.5 Å². The van der Waals surface area contributed by atoms with Crippen LogP contribution in [0.5, 0.6) is 5.75 Å². The number of aliphatic hydroxyl groups excluding tert-OH is 2. The summed E-state index contributed by atoms with van der Waals surface area (Å²) in [4.78, 5) is 0. The number of nitrogens with zero attached hydrogens (tertiary/aromatic N) is 2. The lowest BCUT2D eigenvalue weighted by atomic mass is 10.2. The molecule has 2 heterocycles. The Morgan fingerprint density at radius 1 is 1.40 bits per heavy atom. The van der Waals surface area contributed by atoms with Crippen molar-refractivity contribution in [2.45, 2.75) is 6.92 Å². The smallest absolute Gasteiger partial charge is 0.200 e. The van der Waals surface area contributed by atoms with E-state index < -0.39 is 0 Å². The highest BCUT2D eigenvalue weighted by molar-refractivity contribution is 7.71. The van der Waals surface area contributed by atoms with Gasteiger partial charge in [-0.3, -0.25) is 9.67 Å². The lowest BCUT2D eigenvalue weighted by Gasteiger charge is -2.22. The molecule has 0 spiro atoms. The summed E-state index contributed by atoms with van der Waals surface area (Å²) in [6, 6.07) is 5.78. The lowest BCUT2D eigenvalue weighted by Crippen LogP contribution is -2.19. The van der Waals surface area contributed by atoms with E-state index in [9.17, 15) is 5.11 Å². The van der Waals surface area contributed by atoms with Gasteiger partial charge in [-0.1, -0.05) is 12.1 Å². The van der Waals surface area contributed by atoms with Gasteiger partial charge in [0.15, 0.2) is 16.3 Å². The van der Waals surface area contributed by atoms with Gasteiger partial charge < -0.3 is 20.3 Å². The van der Waals surface area contributed by atoms with Crippen LogP contribution in [0.15, 0.2) is 48.4 Å². The number of allylic oxidation sites excluding steroid dienone is 4. The molecule has 1 aromatic heterocycles. The predicted octanol–water partition coefficient (Wildman–Crippen LogP) is 3.65. The minimum Gasteiger partial charge on any atom is -0.515 e. The third-order valence-electron chi connectivity index (χ3n) is 3.67. The van der Waals surface area contributed by atoms with Gasteiger partial charge in [-0.2, -0.15) is 5.10 Å². The molecule has 130 valence electrons. The fourth-order valence-corrected chi connectivity index (χ4v) is 2.76. The molecule has 25 heavy (non-hydrogen) atoms. The Kier molecular flexibility index (Phi) is 4.90. The summed E-state index contributed by atoms with van der Waals surface area (Å²) >= 11 is 5.39. The largest absolute Gasteiger partial charge is 0.515 e. The van der Waals surface area contributed by atoms with E-state index >= 15 is 0 Å². The van der Waals surface area contributed by atoms with E-state index in [-0.39, 0.29) is 5.76 Å². The Labute approximate surface area is 149 Å². The summed E-state index contributed by atoms with van der Waals surface area (Å²) in [5.74, 6) is 1.25. The van der Waals surface area contributed by atoms with Crippen LogP contribution in [0.2, 0.25) is 0 Å². The SMILES string of the molecule is C\C(=C/C=C(O)\C=C\O)c1n[nH]c(=S)n1-c1cccc2c1OCCN2. The monoisotopic (exact) mass is 358 g/mol. The standard InChI is InChI=1S/C17H18N4O3S/c1-11(5-6-12(23)7-9-22)16-19-20-17(25)21(16)14-4-2-3-13-15(14)24-10-8-18-13/h2-7,9,18,22-23H,8,10H2,1H3,(H,20,25)/b9-7+,11-5+,12-6+. The predicted molar refractivity (Wildman–Crippen MR) is 98.9 cm³/mol. The van der Waals surface area contributed by atoms with Crippen LogP contribution >= 0.6 is 12.2 Å². The van der Waals surface area contributed by atoms with Crippen LogP contribution in [0, 0.1) is 4.77 Å². The van der Waals surface area contributed by atoms with Crippen molar-refractivity contribution in [1.82, 2.24) is 14.8 Å². The molecule has 1 aliphatic rings. The van der Waals surface area contributed by atoms with Crippen LogP contribution < -0.4 is 10.1 Å². The fourth-order valence-electron chi connectivity index (χ4n) is 2.53.